The molecule has 4 nitrogen and oxygen atoms in total. The highest BCUT2D eigenvalue weighted by Crippen LogP contribution is 2.25. The first-order valence-electron chi connectivity index (χ1n) is 9.76. The molecule has 1 heterocycles. The summed E-state index contributed by atoms with van der Waals surface area (Å²) < 4.78 is 0. The summed E-state index contributed by atoms with van der Waals surface area (Å²) in [5.41, 5.74) is 4.02. The Morgan fingerprint density at radius 1 is 1.32 bits per heavy atom. The molecule has 2 atom stereocenters. The molecule has 2 N–H and O–H groups in total. The van der Waals surface area contributed by atoms with Crippen molar-refractivity contribution in [2.24, 2.45) is 5.92 Å². The molecule has 148 valence electrons. The summed E-state index contributed by atoms with van der Waals surface area (Å²) in [5, 5.41) is 3.92. The summed E-state index contributed by atoms with van der Waals surface area (Å²) in [5.74, 6) is -0.0277. The number of allylic oxidation sites excluding steroid dienone is 5. The smallest absolute Gasteiger partial charge is 0.225 e. The molecule has 0 aliphatic carbocycles. The van der Waals surface area contributed by atoms with E-state index < -0.39 is 6.04 Å². The van der Waals surface area contributed by atoms with Crippen molar-refractivity contribution in [2.45, 2.75) is 46.6 Å². The van der Waals surface area contributed by atoms with E-state index in [2.05, 4.69) is 22.9 Å². The molecule has 1 aromatic heterocycles. The van der Waals surface area contributed by atoms with Gasteiger partial charge in [0, 0.05) is 17.1 Å². The molecule has 0 saturated heterocycles. The largest absolute Gasteiger partial charge is 0.361 e. The number of aromatic nitrogens is 1. The predicted octanol–water partition coefficient (Wildman–Crippen LogP) is 4.98. The van der Waals surface area contributed by atoms with Crippen LogP contribution in [0, 0.1) is 5.92 Å². The van der Waals surface area contributed by atoms with Crippen LogP contribution in [0.5, 0.6) is 0 Å². The average molecular weight is 379 g/mol. The van der Waals surface area contributed by atoms with Gasteiger partial charge in [0.05, 0.1) is 12.5 Å². The number of hydrogen-bond donors (Lipinski definition) is 2. The quantitative estimate of drug-likeness (QED) is 0.605. The van der Waals surface area contributed by atoms with Crippen LogP contribution in [0.25, 0.3) is 16.5 Å². The number of rotatable bonds is 9. The summed E-state index contributed by atoms with van der Waals surface area (Å²) >= 11 is 0. The lowest BCUT2D eigenvalue weighted by atomic mass is 9.95. The van der Waals surface area contributed by atoms with E-state index in [1.807, 2.05) is 57.3 Å². The molecule has 0 aliphatic heterocycles. The minimum Gasteiger partial charge on any atom is -0.361 e. The lowest BCUT2D eigenvalue weighted by molar-refractivity contribution is -0.127. The molecule has 4 heteroatoms. The first-order valence-corrected chi connectivity index (χ1v) is 9.76. The van der Waals surface area contributed by atoms with Crippen LogP contribution in [0.1, 0.15) is 45.2 Å². The van der Waals surface area contributed by atoms with Crippen molar-refractivity contribution in [3.8, 4) is 0 Å². The maximum Gasteiger partial charge on any atom is 0.225 e. The molecule has 1 aromatic carbocycles. The van der Waals surface area contributed by atoms with Crippen LogP contribution in [-0.2, 0) is 16.0 Å². The SMILES string of the molecule is C=C/C=C(\C=C/C)c1ccc2[nH]cc(CC(=O)NC(C(C)=O)[C@@H](C)CC)c2c1. The molecule has 2 aromatic rings. The van der Waals surface area contributed by atoms with Gasteiger partial charge in [-0.25, -0.2) is 0 Å². The van der Waals surface area contributed by atoms with Gasteiger partial charge < -0.3 is 10.3 Å². The lowest BCUT2D eigenvalue weighted by Crippen LogP contribution is -2.44. The first-order chi connectivity index (χ1) is 13.4. The average Bonchev–Trinajstić information content (AvgIpc) is 3.07. The van der Waals surface area contributed by atoms with Gasteiger partial charge in [-0.2, -0.15) is 0 Å². The van der Waals surface area contributed by atoms with E-state index in [9.17, 15) is 9.59 Å². The maximum absolute atomic E-state index is 12.6. The van der Waals surface area contributed by atoms with Gasteiger partial charge in [0.1, 0.15) is 0 Å². The Bertz CT molecular complexity index is 918. The monoisotopic (exact) mass is 378 g/mol. The number of carbonyl (C=O) groups is 2. The van der Waals surface area contributed by atoms with E-state index >= 15 is 0 Å². The van der Waals surface area contributed by atoms with Gasteiger partial charge >= 0.3 is 0 Å². The summed E-state index contributed by atoms with van der Waals surface area (Å²) in [7, 11) is 0. The third-order valence-corrected chi connectivity index (χ3v) is 5.06. The number of carbonyl (C=O) groups excluding carboxylic acids is 2. The van der Waals surface area contributed by atoms with Crippen LogP contribution < -0.4 is 5.32 Å². The van der Waals surface area contributed by atoms with E-state index in [0.29, 0.717) is 0 Å². The van der Waals surface area contributed by atoms with Crippen molar-refractivity contribution in [2.75, 3.05) is 0 Å². The van der Waals surface area contributed by atoms with Gasteiger partial charge in [0.15, 0.2) is 5.78 Å². The number of aromatic amines is 1. The number of fused-ring (bicyclic) bond motifs is 1. The first kappa shape index (κ1) is 21.4. The molecule has 2 rings (SSSR count). The molecule has 0 bridgehead atoms. The molecule has 0 aliphatic rings. The highest BCUT2D eigenvalue weighted by Gasteiger charge is 2.23. The van der Waals surface area contributed by atoms with Crippen LogP contribution in [0.2, 0.25) is 0 Å². The minimum absolute atomic E-state index is 0.00512. The van der Waals surface area contributed by atoms with Crippen molar-refractivity contribution in [3.63, 3.8) is 0 Å². The van der Waals surface area contributed by atoms with E-state index in [1.165, 1.54) is 6.92 Å². The van der Waals surface area contributed by atoms with Crippen molar-refractivity contribution in [1.29, 1.82) is 0 Å². The van der Waals surface area contributed by atoms with Crippen LogP contribution in [0.4, 0.5) is 0 Å². The zero-order valence-corrected chi connectivity index (χ0v) is 17.2. The summed E-state index contributed by atoms with van der Waals surface area (Å²) in [6, 6.07) is 5.72. The fourth-order valence-electron chi connectivity index (χ4n) is 3.34. The zero-order valence-electron chi connectivity index (χ0n) is 17.2. The second-order valence-electron chi connectivity index (χ2n) is 7.15. The van der Waals surface area contributed by atoms with Gasteiger partial charge in [-0.15, -0.1) is 0 Å². The van der Waals surface area contributed by atoms with Gasteiger partial charge in [0.25, 0.3) is 0 Å². The number of benzene rings is 1. The predicted molar refractivity (Wildman–Crippen MR) is 117 cm³/mol. The number of H-pyrrole nitrogens is 1. The highest BCUT2D eigenvalue weighted by molar-refractivity contribution is 5.93. The third kappa shape index (κ3) is 5.10. The Labute approximate surface area is 167 Å². The summed E-state index contributed by atoms with van der Waals surface area (Å²) in [6.07, 6.45) is 10.7. The lowest BCUT2D eigenvalue weighted by Gasteiger charge is -2.21. The van der Waals surface area contributed by atoms with Gasteiger partial charge in [-0.1, -0.05) is 57.2 Å². The summed E-state index contributed by atoms with van der Waals surface area (Å²) in [6.45, 7) is 11.3. The van der Waals surface area contributed by atoms with Crippen LogP contribution in [0.3, 0.4) is 0 Å². The molecule has 0 saturated carbocycles. The van der Waals surface area contributed by atoms with Crippen molar-refractivity contribution < 1.29 is 9.59 Å². The van der Waals surface area contributed by atoms with Gasteiger partial charge in [-0.05, 0) is 48.6 Å². The van der Waals surface area contributed by atoms with Crippen LogP contribution in [0.15, 0.2) is 55.3 Å². The normalized spacial score (nSPS) is 14.2. The molecular formula is C24H30N2O2. The molecule has 1 amide bonds. The Morgan fingerprint density at radius 2 is 2.07 bits per heavy atom. The van der Waals surface area contributed by atoms with Gasteiger partial charge in [0.2, 0.25) is 5.91 Å². The Morgan fingerprint density at radius 3 is 2.68 bits per heavy atom. The van der Waals surface area contributed by atoms with Crippen LogP contribution in [-0.4, -0.2) is 22.7 Å². The second-order valence-corrected chi connectivity index (χ2v) is 7.15. The molecule has 1 unspecified atom stereocenters. The zero-order chi connectivity index (χ0) is 20.7. The van der Waals surface area contributed by atoms with E-state index in [1.54, 1.807) is 6.08 Å². The molecule has 0 fully saturated rings. The Balaban J connectivity index is 2.29. The number of hydrogen-bond acceptors (Lipinski definition) is 2. The van der Waals surface area contributed by atoms with E-state index in [4.69, 9.17) is 0 Å². The fraction of sp³-hybridized carbons (Fsp3) is 0.333. The Kier molecular flexibility index (Phi) is 7.56. The molecular weight excluding hydrogens is 348 g/mol. The van der Waals surface area contributed by atoms with Crippen LogP contribution >= 0.6 is 0 Å². The molecule has 0 radical (unpaired) electrons. The standard InChI is InChI=1S/C24H30N2O2/c1-6-9-18(10-7-2)19-11-12-22-21(13-19)20(15-25-22)14-23(28)26-24(17(5)27)16(4)8-3/h6-7,9-13,15-16,24-25H,1,8,14H2,2-5H3,(H,26,28)/b10-7-,18-9+/t16-,24?/m0/s1. The second kappa shape index (κ2) is 9.88. The van der Waals surface area contributed by atoms with Crippen molar-refractivity contribution in [3.05, 3.63) is 66.4 Å². The molecule has 28 heavy (non-hydrogen) atoms. The van der Waals surface area contributed by atoms with E-state index in [0.717, 1.165) is 34.0 Å². The third-order valence-electron chi connectivity index (χ3n) is 5.06. The number of Topliss-reactive ketones (excluding diaryl/α,β-unsaturated/α-hetero) is 1. The highest BCUT2D eigenvalue weighted by atomic mass is 16.2. The topological polar surface area (TPSA) is 62.0 Å². The number of ketones is 1. The minimum atomic E-state index is -0.435. The Hall–Kier alpha value is -2.88. The molecule has 0 spiro atoms. The maximum atomic E-state index is 12.6. The fourth-order valence-corrected chi connectivity index (χ4v) is 3.34. The van der Waals surface area contributed by atoms with Gasteiger partial charge in [-0.3, -0.25) is 9.59 Å². The van der Waals surface area contributed by atoms with E-state index in [-0.39, 0.29) is 24.0 Å². The number of nitrogens with one attached hydrogen (secondary N) is 2. The number of amides is 1. The van der Waals surface area contributed by atoms with Crippen molar-refractivity contribution in [1.82, 2.24) is 10.3 Å². The summed E-state index contributed by atoms with van der Waals surface area (Å²) in [4.78, 5) is 27.7. The van der Waals surface area contributed by atoms with Crippen molar-refractivity contribution >= 4 is 28.2 Å².